The van der Waals surface area contributed by atoms with Gasteiger partial charge in [-0.2, -0.15) is 0 Å². The van der Waals surface area contributed by atoms with Crippen LogP contribution < -0.4 is 0 Å². The predicted molar refractivity (Wildman–Crippen MR) is 162 cm³/mol. The van der Waals surface area contributed by atoms with Crippen molar-refractivity contribution in [2.24, 2.45) is 50.7 Å². The molecule has 0 N–H and O–H groups in total. The van der Waals surface area contributed by atoms with Gasteiger partial charge in [0.25, 0.3) is 0 Å². The van der Waals surface area contributed by atoms with Crippen LogP contribution in [0, 0.1) is 50.7 Å². The van der Waals surface area contributed by atoms with Gasteiger partial charge in [-0.3, -0.25) is 4.79 Å². The summed E-state index contributed by atoms with van der Waals surface area (Å²) in [5.74, 6) is 2.62. The number of carbonyl (C=O) groups is 2. The summed E-state index contributed by atoms with van der Waals surface area (Å²) in [6.45, 7) is 13.0. The van der Waals surface area contributed by atoms with E-state index in [4.69, 9.17) is 4.74 Å². The first-order valence-corrected chi connectivity index (χ1v) is 16.0. The van der Waals surface area contributed by atoms with Crippen molar-refractivity contribution in [1.82, 2.24) is 0 Å². The van der Waals surface area contributed by atoms with Crippen molar-refractivity contribution in [2.45, 2.75) is 98.8 Å². The monoisotopic (exact) mass is 542 g/mol. The molecule has 1 aromatic carbocycles. The van der Waals surface area contributed by atoms with Gasteiger partial charge in [-0.05, 0) is 138 Å². The minimum atomic E-state index is -0.274. The molecule has 3 heteroatoms. The maximum absolute atomic E-state index is 12.0. The highest BCUT2D eigenvalue weighted by atomic mass is 16.5. The zero-order valence-corrected chi connectivity index (χ0v) is 25.7. The molecule has 0 bridgehead atoms. The lowest BCUT2D eigenvalue weighted by molar-refractivity contribution is -0.218. The molecule has 0 heterocycles. The van der Waals surface area contributed by atoms with Crippen LogP contribution in [0.2, 0.25) is 0 Å². The van der Waals surface area contributed by atoms with Crippen LogP contribution in [0.4, 0.5) is 0 Å². The summed E-state index contributed by atoms with van der Waals surface area (Å²) < 4.78 is 4.93. The van der Waals surface area contributed by atoms with Gasteiger partial charge < -0.3 is 4.74 Å². The normalized spacial score (nSPS) is 43.6. The van der Waals surface area contributed by atoms with Gasteiger partial charge in [0.05, 0.1) is 12.7 Å². The third kappa shape index (κ3) is 3.67. The van der Waals surface area contributed by atoms with E-state index in [1.807, 2.05) is 18.2 Å². The molecule has 5 aliphatic rings. The third-order valence-corrected chi connectivity index (χ3v) is 14.1. The first-order chi connectivity index (χ1) is 19.0. The molecule has 4 fully saturated rings. The average molecular weight is 543 g/mol. The van der Waals surface area contributed by atoms with Crippen LogP contribution in [-0.4, -0.2) is 19.4 Å². The zero-order chi connectivity index (χ0) is 28.6. The highest BCUT2D eigenvalue weighted by Gasteiger charge is 2.69. The second-order valence-corrected chi connectivity index (χ2v) is 15.5. The lowest BCUT2D eigenvalue weighted by Gasteiger charge is -2.72. The Labute approximate surface area is 242 Å². The van der Waals surface area contributed by atoms with Crippen molar-refractivity contribution < 1.29 is 14.3 Å². The third-order valence-electron chi connectivity index (χ3n) is 14.1. The SMILES string of the molecule is COC(=O)c1ccc(C2=CC[C@]3(C)C4CC[C@@H]5[C@H]6CCC[C@]6(/C=C/C=O)CC[C@@]5(C)[C@]4(C)CC[C@H]3C2(C)C)cc1. The van der Waals surface area contributed by atoms with Crippen molar-refractivity contribution in [1.29, 1.82) is 0 Å². The number of methoxy groups -OCH3 is 1. The Morgan fingerprint density at radius 1 is 0.850 bits per heavy atom. The molecular weight excluding hydrogens is 492 g/mol. The lowest BCUT2D eigenvalue weighted by atomic mass is 9.32. The van der Waals surface area contributed by atoms with Crippen molar-refractivity contribution in [3.05, 3.63) is 53.6 Å². The lowest BCUT2D eigenvalue weighted by Crippen LogP contribution is -2.64. The number of hydrogen-bond acceptors (Lipinski definition) is 3. The molecule has 5 aliphatic carbocycles. The van der Waals surface area contributed by atoms with Crippen LogP contribution in [-0.2, 0) is 9.53 Å². The van der Waals surface area contributed by atoms with Crippen LogP contribution in [0.5, 0.6) is 0 Å². The smallest absolute Gasteiger partial charge is 0.337 e. The summed E-state index contributed by atoms with van der Waals surface area (Å²) >= 11 is 0. The molecule has 3 nitrogen and oxygen atoms in total. The fourth-order valence-electron chi connectivity index (χ4n) is 12.1. The Kier molecular flexibility index (Phi) is 6.60. The summed E-state index contributed by atoms with van der Waals surface area (Å²) in [4.78, 5) is 23.3. The van der Waals surface area contributed by atoms with Gasteiger partial charge in [0.1, 0.15) is 6.29 Å². The highest BCUT2D eigenvalue weighted by Crippen LogP contribution is 2.77. The van der Waals surface area contributed by atoms with E-state index in [1.54, 1.807) is 0 Å². The van der Waals surface area contributed by atoms with Crippen molar-refractivity contribution >= 4 is 17.8 Å². The summed E-state index contributed by atoms with van der Waals surface area (Å²) in [7, 11) is 1.44. The van der Waals surface area contributed by atoms with Gasteiger partial charge in [-0.15, -0.1) is 0 Å². The van der Waals surface area contributed by atoms with Crippen LogP contribution in [0.15, 0.2) is 42.5 Å². The van der Waals surface area contributed by atoms with E-state index >= 15 is 0 Å². The molecule has 216 valence electrons. The molecule has 0 saturated heterocycles. The standard InChI is InChI=1S/C37H50O3/c1-33(2)27(25-10-12-26(13-11-25)32(39)40-6)16-20-34(3)30(33)17-21-36(5)31(34)15-14-28-29-9-7-18-37(29,19-8-24-38)23-22-35(28,36)4/h8,10-13,16,19,24,28-31H,7,9,14-15,17-18,20-23H2,1-6H3/b19-8+/t28-,29-,30+,31?,34+,35-,36-,37+/m1/s1. The first-order valence-electron chi connectivity index (χ1n) is 16.0. The van der Waals surface area contributed by atoms with Gasteiger partial charge in [-0.1, -0.05) is 65.3 Å². The van der Waals surface area contributed by atoms with Crippen LogP contribution in [0.25, 0.3) is 5.57 Å². The van der Waals surface area contributed by atoms with Crippen molar-refractivity contribution in [2.75, 3.05) is 7.11 Å². The van der Waals surface area contributed by atoms with E-state index in [9.17, 15) is 9.59 Å². The minimum absolute atomic E-state index is 0.0751. The van der Waals surface area contributed by atoms with E-state index < -0.39 is 0 Å². The molecule has 0 aliphatic heterocycles. The fraction of sp³-hybridized carbons (Fsp3) is 0.676. The Bertz CT molecular complexity index is 1240. The number of hydrogen-bond donors (Lipinski definition) is 0. The van der Waals surface area contributed by atoms with E-state index in [2.05, 4.69) is 58.9 Å². The second kappa shape index (κ2) is 9.43. The molecule has 0 spiro atoms. The molecule has 0 amide bonds. The Balaban J connectivity index is 1.33. The first kappa shape index (κ1) is 28.0. The molecule has 4 saturated carbocycles. The van der Waals surface area contributed by atoms with E-state index in [0.717, 1.165) is 30.5 Å². The largest absolute Gasteiger partial charge is 0.465 e. The fourth-order valence-corrected chi connectivity index (χ4v) is 12.1. The molecular formula is C37H50O3. The summed E-state index contributed by atoms with van der Waals surface area (Å²) in [5.41, 5.74) is 4.67. The maximum atomic E-state index is 12.0. The Morgan fingerprint density at radius 3 is 2.30 bits per heavy atom. The predicted octanol–water partition coefficient (Wildman–Crippen LogP) is 9.08. The van der Waals surface area contributed by atoms with Gasteiger partial charge >= 0.3 is 5.97 Å². The molecule has 0 aromatic heterocycles. The van der Waals surface area contributed by atoms with Crippen molar-refractivity contribution in [3.63, 3.8) is 0 Å². The topological polar surface area (TPSA) is 43.4 Å². The van der Waals surface area contributed by atoms with E-state index in [1.165, 1.54) is 76.0 Å². The molecule has 8 atom stereocenters. The van der Waals surface area contributed by atoms with Crippen LogP contribution in [0.3, 0.4) is 0 Å². The number of ether oxygens (including phenoxy) is 1. The van der Waals surface area contributed by atoms with E-state index in [-0.39, 0.29) is 16.8 Å². The van der Waals surface area contributed by atoms with Gasteiger partial charge in [0.15, 0.2) is 0 Å². The number of esters is 1. The van der Waals surface area contributed by atoms with Crippen LogP contribution in [0.1, 0.15) is 115 Å². The van der Waals surface area contributed by atoms with Crippen LogP contribution >= 0.6 is 0 Å². The quantitative estimate of drug-likeness (QED) is 0.216. The van der Waals surface area contributed by atoms with Gasteiger partial charge in [-0.25, -0.2) is 4.79 Å². The summed E-state index contributed by atoms with van der Waals surface area (Å²) in [6, 6.07) is 8.08. The molecule has 0 radical (unpaired) electrons. The maximum Gasteiger partial charge on any atom is 0.337 e. The number of benzene rings is 1. The summed E-state index contributed by atoms with van der Waals surface area (Å²) in [5, 5.41) is 0. The molecule has 1 aromatic rings. The number of carbonyl (C=O) groups excluding carboxylic acids is 2. The number of fused-ring (bicyclic) bond motifs is 7. The number of allylic oxidation sites excluding steroid dienone is 4. The van der Waals surface area contributed by atoms with E-state index in [0.29, 0.717) is 27.7 Å². The Hall–Kier alpha value is -2.16. The molecule has 40 heavy (non-hydrogen) atoms. The molecule has 6 rings (SSSR count). The van der Waals surface area contributed by atoms with Gasteiger partial charge in [0.2, 0.25) is 0 Å². The summed E-state index contributed by atoms with van der Waals surface area (Å²) in [6.07, 6.45) is 20.7. The minimum Gasteiger partial charge on any atom is -0.465 e. The van der Waals surface area contributed by atoms with Gasteiger partial charge in [0, 0.05) is 0 Å². The number of aldehydes is 1. The highest BCUT2D eigenvalue weighted by molar-refractivity contribution is 5.89. The molecule has 1 unspecified atom stereocenters. The Morgan fingerprint density at radius 2 is 1.60 bits per heavy atom. The zero-order valence-electron chi connectivity index (χ0n) is 25.7. The van der Waals surface area contributed by atoms with Crippen molar-refractivity contribution in [3.8, 4) is 0 Å². The second-order valence-electron chi connectivity index (χ2n) is 15.5. The average Bonchev–Trinajstić information content (AvgIpc) is 3.36. The number of rotatable bonds is 4.